The van der Waals surface area contributed by atoms with Crippen LogP contribution in [0.25, 0.3) is 16.9 Å². The van der Waals surface area contributed by atoms with E-state index in [0.717, 1.165) is 24.3 Å². The molecule has 0 bridgehead atoms. The Morgan fingerprint density at radius 3 is 2.15 bits per heavy atom. The number of rotatable bonds is 4. The van der Waals surface area contributed by atoms with E-state index in [4.69, 9.17) is 0 Å². The van der Waals surface area contributed by atoms with Crippen molar-refractivity contribution in [1.82, 2.24) is 14.4 Å². The van der Waals surface area contributed by atoms with E-state index < -0.39 is 29.8 Å². The normalized spacial score (nSPS) is 12.1. The van der Waals surface area contributed by atoms with Gasteiger partial charge in [0, 0.05) is 24.5 Å². The highest BCUT2D eigenvalue weighted by Crippen LogP contribution is 2.31. The Morgan fingerprint density at radius 1 is 0.912 bits per heavy atom. The van der Waals surface area contributed by atoms with Gasteiger partial charge in [0.25, 0.3) is 5.91 Å². The van der Waals surface area contributed by atoms with Crippen molar-refractivity contribution < 1.29 is 35.9 Å². The number of hydrogen-bond donors (Lipinski definition) is 0. The molecule has 12 heteroatoms. The third-order valence-electron chi connectivity index (χ3n) is 4.89. The highest BCUT2D eigenvalue weighted by Gasteiger charge is 2.31. The summed E-state index contributed by atoms with van der Waals surface area (Å²) in [6.45, 7) is 0. The largest absolute Gasteiger partial charge is 0.573 e. The maximum Gasteiger partial charge on any atom is 0.573 e. The molecule has 2 aromatic carbocycles. The molecular formula is C22H14F6N4O2. The van der Waals surface area contributed by atoms with Gasteiger partial charge in [-0.1, -0.05) is 12.1 Å². The zero-order valence-corrected chi connectivity index (χ0v) is 17.2. The average Bonchev–Trinajstić information content (AvgIpc) is 3.20. The molecule has 0 fully saturated rings. The van der Waals surface area contributed by atoms with Gasteiger partial charge in [-0.25, -0.2) is 9.97 Å². The second kappa shape index (κ2) is 8.36. The summed E-state index contributed by atoms with van der Waals surface area (Å²) >= 11 is 0. The molecule has 0 aliphatic heterocycles. The van der Waals surface area contributed by atoms with Gasteiger partial charge in [0.2, 0.25) is 0 Å². The number of benzene rings is 2. The summed E-state index contributed by atoms with van der Waals surface area (Å²) in [5.74, 6) is -1.00. The van der Waals surface area contributed by atoms with E-state index in [1.807, 2.05) is 0 Å². The Morgan fingerprint density at radius 2 is 1.56 bits per heavy atom. The van der Waals surface area contributed by atoms with Gasteiger partial charge in [0.15, 0.2) is 5.65 Å². The molecule has 2 heterocycles. The zero-order valence-electron chi connectivity index (χ0n) is 17.2. The van der Waals surface area contributed by atoms with Crippen LogP contribution in [0.4, 0.5) is 32.0 Å². The molecule has 176 valence electrons. The molecule has 6 nitrogen and oxygen atoms in total. The Balaban J connectivity index is 1.60. The Labute approximate surface area is 188 Å². The van der Waals surface area contributed by atoms with E-state index in [9.17, 15) is 31.1 Å². The summed E-state index contributed by atoms with van der Waals surface area (Å²) in [5, 5.41) is 0. The van der Waals surface area contributed by atoms with Crippen LogP contribution in [-0.2, 0) is 6.18 Å². The van der Waals surface area contributed by atoms with E-state index in [1.165, 1.54) is 59.2 Å². The number of alkyl halides is 6. The van der Waals surface area contributed by atoms with E-state index in [2.05, 4.69) is 14.7 Å². The maximum atomic E-state index is 12.9. The van der Waals surface area contributed by atoms with Gasteiger partial charge in [-0.2, -0.15) is 13.2 Å². The van der Waals surface area contributed by atoms with Crippen molar-refractivity contribution in [2.75, 3.05) is 11.9 Å². The lowest BCUT2D eigenvalue weighted by Gasteiger charge is -2.18. The van der Waals surface area contributed by atoms with Crippen molar-refractivity contribution in [2.45, 2.75) is 12.5 Å². The van der Waals surface area contributed by atoms with Gasteiger partial charge >= 0.3 is 12.5 Å². The number of aromatic nitrogens is 3. The molecule has 0 atom stereocenters. The molecule has 0 unspecified atom stereocenters. The molecule has 4 rings (SSSR count). The lowest BCUT2D eigenvalue weighted by molar-refractivity contribution is -0.274. The van der Waals surface area contributed by atoms with Crippen molar-refractivity contribution in [1.29, 1.82) is 0 Å². The van der Waals surface area contributed by atoms with Crippen LogP contribution in [0.3, 0.4) is 0 Å². The van der Waals surface area contributed by atoms with Gasteiger partial charge in [0.05, 0.1) is 23.7 Å². The summed E-state index contributed by atoms with van der Waals surface area (Å²) in [6.07, 6.45) is -5.15. The SMILES string of the molecule is CN(C(=O)c1cn2c(-c3ccc(C(F)(F)F)cc3)cnc2cn1)c1ccc(OC(F)(F)F)cc1. The number of imidazole rings is 1. The topological polar surface area (TPSA) is 59.7 Å². The van der Waals surface area contributed by atoms with Gasteiger partial charge in [-0.15, -0.1) is 13.2 Å². The molecule has 34 heavy (non-hydrogen) atoms. The second-order valence-corrected chi connectivity index (χ2v) is 7.13. The standard InChI is InChI=1S/C22H14F6N4O2/c1-31(15-6-8-16(9-7-15)34-22(26,27)28)20(33)17-12-32-18(10-30-19(32)11-29-17)13-2-4-14(5-3-13)21(23,24)25/h2-12H,1H3. The van der Waals surface area contributed by atoms with Crippen molar-refractivity contribution in [2.24, 2.45) is 0 Å². The number of anilines is 1. The predicted molar refractivity (Wildman–Crippen MR) is 109 cm³/mol. The number of ether oxygens (including phenoxy) is 1. The van der Waals surface area contributed by atoms with E-state index in [0.29, 0.717) is 16.9 Å². The fraction of sp³-hybridized carbons (Fsp3) is 0.136. The lowest BCUT2D eigenvalue weighted by Crippen LogP contribution is -2.27. The summed E-state index contributed by atoms with van der Waals surface area (Å²) < 4.78 is 80.8. The van der Waals surface area contributed by atoms with Crippen molar-refractivity contribution in [3.05, 3.63) is 78.4 Å². The van der Waals surface area contributed by atoms with Crippen LogP contribution < -0.4 is 9.64 Å². The summed E-state index contributed by atoms with van der Waals surface area (Å²) in [4.78, 5) is 22.3. The third-order valence-corrected chi connectivity index (χ3v) is 4.89. The minimum atomic E-state index is -4.84. The van der Waals surface area contributed by atoms with Gasteiger partial charge < -0.3 is 9.64 Å². The molecular weight excluding hydrogens is 466 g/mol. The van der Waals surface area contributed by atoms with E-state index in [-0.39, 0.29) is 11.4 Å². The Bertz CT molecular complexity index is 1330. The zero-order chi connectivity index (χ0) is 24.7. The van der Waals surface area contributed by atoms with Crippen molar-refractivity contribution in [3.8, 4) is 17.0 Å². The van der Waals surface area contributed by atoms with Crippen LogP contribution in [0.5, 0.6) is 5.75 Å². The monoisotopic (exact) mass is 480 g/mol. The summed E-state index contributed by atoms with van der Waals surface area (Å²) in [5.41, 5.74) is 0.723. The Kier molecular flexibility index (Phi) is 5.67. The smallest absolute Gasteiger partial charge is 0.406 e. The molecule has 1 amide bonds. The van der Waals surface area contributed by atoms with Crippen LogP contribution in [0.1, 0.15) is 16.1 Å². The molecule has 0 aliphatic rings. The number of carbonyl (C=O) groups excluding carboxylic acids is 1. The van der Waals surface area contributed by atoms with Crippen molar-refractivity contribution >= 4 is 17.2 Å². The summed E-state index contributed by atoms with van der Waals surface area (Å²) in [6, 6.07) is 9.19. The molecule has 0 spiro atoms. The number of nitrogens with zero attached hydrogens (tertiary/aromatic N) is 4. The maximum absolute atomic E-state index is 12.9. The molecule has 0 aliphatic carbocycles. The lowest BCUT2D eigenvalue weighted by atomic mass is 10.1. The van der Waals surface area contributed by atoms with Gasteiger partial charge in [-0.3, -0.25) is 9.20 Å². The third kappa shape index (κ3) is 4.80. The fourth-order valence-corrected chi connectivity index (χ4v) is 3.20. The van der Waals surface area contributed by atoms with E-state index in [1.54, 1.807) is 0 Å². The highest BCUT2D eigenvalue weighted by molar-refractivity contribution is 6.04. The van der Waals surface area contributed by atoms with Crippen LogP contribution in [0, 0.1) is 0 Å². The fourth-order valence-electron chi connectivity index (χ4n) is 3.20. The number of halogens is 6. The quantitative estimate of drug-likeness (QED) is 0.358. The second-order valence-electron chi connectivity index (χ2n) is 7.13. The van der Waals surface area contributed by atoms with Crippen LogP contribution in [0.2, 0.25) is 0 Å². The number of amides is 1. The number of carbonyl (C=O) groups is 1. The molecule has 0 saturated carbocycles. The average molecular weight is 480 g/mol. The van der Waals surface area contributed by atoms with Crippen LogP contribution in [0.15, 0.2) is 67.1 Å². The van der Waals surface area contributed by atoms with E-state index >= 15 is 0 Å². The molecule has 0 N–H and O–H groups in total. The van der Waals surface area contributed by atoms with Crippen LogP contribution in [-0.4, -0.2) is 33.7 Å². The summed E-state index contributed by atoms with van der Waals surface area (Å²) in [7, 11) is 1.42. The number of fused-ring (bicyclic) bond motifs is 1. The first kappa shape index (κ1) is 23.1. The minimum absolute atomic E-state index is 0.0169. The highest BCUT2D eigenvalue weighted by atomic mass is 19.4. The predicted octanol–water partition coefficient (Wildman–Crippen LogP) is 5.59. The first-order valence-electron chi connectivity index (χ1n) is 9.57. The molecule has 2 aromatic heterocycles. The number of hydrogen-bond acceptors (Lipinski definition) is 4. The minimum Gasteiger partial charge on any atom is -0.406 e. The molecule has 0 radical (unpaired) electrons. The van der Waals surface area contributed by atoms with Crippen molar-refractivity contribution in [3.63, 3.8) is 0 Å². The molecule has 0 saturated heterocycles. The van der Waals surface area contributed by atoms with Gasteiger partial charge in [-0.05, 0) is 36.4 Å². The first-order chi connectivity index (χ1) is 15.9. The first-order valence-corrected chi connectivity index (χ1v) is 9.57. The van der Waals surface area contributed by atoms with Gasteiger partial charge in [0.1, 0.15) is 11.4 Å². The Hall–Kier alpha value is -4.09. The molecule has 4 aromatic rings. The van der Waals surface area contributed by atoms with Crippen LogP contribution >= 0.6 is 0 Å².